The summed E-state index contributed by atoms with van der Waals surface area (Å²) in [4.78, 5) is 20.9. The molecule has 0 saturated heterocycles. The van der Waals surface area contributed by atoms with Gasteiger partial charge in [-0.25, -0.2) is 9.37 Å². The van der Waals surface area contributed by atoms with Crippen molar-refractivity contribution in [2.45, 2.75) is 19.4 Å². The lowest BCUT2D eigenvalue weighted by Gasteiger charge is -2.30. The van der Waals surface area contributed by atoms with Crippen molar-refractivity contribution in [2.75, 3.05) is 18.5 Å². The van der Waals surface area contributed by atoms with Crippen LogP contribution in [0.1, 0.15) is 28.5 Å². The number of nitrogens with two attached hydrogens (primary N) is 1. The number of nitrogens with zero attached hydrogens (tertiary/aromatic N) is 2. The number of carbonyl (C=O) groups is 1. The second kappa shape index (κ2) is 7.01. The molecule has 1 aromatic heterocycles. The van der Waals surface area contributed by atoms with Crippen molar-refractivity contribution in [1.82, 2.24) is 4.98 Å². The number of pyridine rings is 1. The zero-order valence-electron chi connectivity index (χ0n) is 14.3. The van der Waals surface area contributed by atoms with Crippen LogP contribution >= 0.6 is 11.6 Å². The number of nitrogens with one attached hydrogen (secondary N) is 1. The third-order valence-corrected chi connectivity index (χ3v) is 4.29. The monoisotopic (exact) mass is 376 g/mol. The molecule has 6 nitrogen and oxygen atoms in total. The number of amidine groups is 1. The minimum Gasteiger partial charge on any atom is -0.386 e. The fourth-order valence-electron chi connectivity index (χ4n) is 2.86. The number of carbonyl (C=O) groups excluding carboxylic acids is 1. The third kappa shape index (κ3) is 3.68. The van der Waals surface area contributed by atoms with Crippen LogP contribution in [-0.2, 0) is 10.3 Å². The maximum absolute atomic E-state index is 14.4. The molecule has 3 N–H and O–H groups in total. The molecule has 1 aliphatic rings. The number of aliphatic imine (C=N–C) groups is 1. The molecule has 1 aromatic carbocycles. The Hall–Kier alpha value is -2.51. The van der Waals surface area contributed by atoms with E-state index in [0.717, 1.165) is 0 Å². The average molecular weight is 377 g/mol. The van der Waals surface area contributed by atoms with Crippen LogP contribution in [0.5, 0.6) is 0 Å². The van der Waals surface area contributed by atoms with Gasteiger partial charge in [0, 0.05) is 17.4 Å². The summed E-state index contributed by atoms with van der Waals surface area (Å²) in [6, 6.07) is 5.93. The maximum Gasteiger partial charge on any atom is 0.274 e. The standard InChI is InChI=1S/C18H18ClFN4O2/c1-10-5-11(19)7-22-16(10)17(25)23-12-3-4-14(20)13(6-12)18(2)9-26-8-15(21)24-18/h3-7H,8-9H2,1-2H3,(H2,21,24)(H,23,25)/t18-/m0/s1. The van der Waals surface area contributed by atoms with E-state index in [9.17, 15) is 9.18 Å². The van der Waals surface area contributed by atoms with Crippen LogP contribution < -0.4 is 11.1 Å². The zero-order chi connectivity index (χ0) is 18.9. The second-order valence-electron chi connectivity index (χ2n) is 6.34. The number of aryl methyl sites for hydroxylation is 1. The molecule has 0 aliphatic carbocycles. The summed E-state index contributed by atoms with van der Waals surface area (Å²) in [5.74, 6) is -0.563. The summed E-state index contributed by atoms with van der Waals surface area (Å²) in [5.41, 5.74) is 6.37. The van der Waals surface area contributed by atoms with Crippen LogP contribution in [0.2, 0.25) is 5.02 Å². The first-order valence-electron chi connectivity index (χ1n) is 7.94. The Balaban J connectivity index is 1.90. The molecule has 0 radical (unpaired) electrons. The molecule has 2 aromatic rings. The summed E-state index contributed by atoms with van der Waals surface area (Å²) in [5, 5.41) is 3.17. The van der Waals surface area contributed by atoms with Gasteiger partial charge in [0.1, 0.15) is 29.5 Å². The Morgan fingerprint density at radius 2 is 2.19 bits per heavy atom. The van der Waals surface area contributed by atoms with Crippen molar-refractivity contribution in [3.8, 4) is 0 Å². The number of hydrogen-bond acceptors (Lipinski definition) is 5. The highest BCUT2D eigenvalue weighted by Crippen LogP contribution is 2.32. The van der Waals surface area contributed by atoms with Gasteiger partial charge < -0.3 is 15.8 Å². The lowest BCUT2D eigenvalue weighted by atomic mass is 9.92. The highest BCUT2D eigenvalue weighted by Gasteiger charge is 2.33. The number of aromatic nitrogens is 1. The van der Waals surface area contributed by atoms with Crippen LogP contribution in [0.25, 0.3) is 0 Å². The molecule has 0 unspecified atom stereocenters. The Morgan fingerprint density at radius 3 is 2.88 bits per heavy atom. The molecule has 0 spiro atoms. The predicted molar refractivity (Wildman–Crippen MR) is 98.1 cm³/mol. The van der Waals surface area contributed by atoms with Crippen LogP contribution in [0, 0.1) is 12.7 Å². The van der Waals surface area contributed by atoms with E-state index in [2.05, 4.69) is 15.3 Å². The molecule has 0 fully saturated rings. The molecule has 1 atom stereocenters. The minimum atomic E-state index is -0.957. The first-order valence-corrected chi connectivity index (χ1v) is 8.32. The number of hydrogen-bond donors (Lipinski definition) is 2. The molecule has 0 saturated carbocycles. The zero-order valence-corrected chi connectivity index (χ0v) is 15.1. The topological polar surface area (TPSA) is 89.6 Å². The molecule has 136 valence electrons. The van der Waals surface area contributed by atoms with Gasteiger partial charge in [0.15, 0.2) is 0 Å². The van der Waals surface area contributed by atoms with E-state index >= 15 is 0 Å². The molecule has 1 amide bonds. The summed E-state index contributed by atoms with van der Waals surface area (Å²) >= 11 is 5.86. The van der Waals surface area contributed by atoms with Gasteiger partial charge in [-0.3, -0.25) is 9.79 Å². The van der Waals surface area contributed by atoms with E-state index in [1.807, 2.05) is 0 Å². The van der Waals surface area contributed by atoms with E-state index < -0.39 is 17.3 Å². The van der Waals surface area contributed by atoms with Gasteiger partial charge in [-0.1, -0.05) is 11.6 Å². The fraction of sp³-hybridized carbons (Fsp3) is 0.278. The van der Waals surface area contributed by atoms with Crippen LogP contribution in [0.3, 0.4) is 0 Å². The van der Waals surface area contributed by atoms with Crippen molar-refractivity contribution in [2.24, 2.45) is 10.7 Å². The van der Waals surface area contributed by atoms with Crippen molar-refractivity contribution in [3.05, 3.63) is 58.1 Å². The number of ether oxygens (including phenoxy) is 1. The van der Waals surface area contributed by atoms with Gasteiger partial charge in [0.2, 0.25) is 0 Å². The number of amides is 1. The van der Waals surface area contributed by atoms with Crippen molar-refractivity contribution >= 4 is 29.0 Å². The Bertz CT molecular complexity index is 903. The van der Waals surface area contributed by atoms with Crippen molar-refractivity contribution in [1.29, 1.82) is 0 Å². The molecular weight excluding hydrogens is 359 g/mol. The number of rotatable bonds is 3. The van der Waals surface area contributed by atoms with Crippen LogP contribution in [0.4, 0.5) is 10.1 Å². The number of benzene rings is 1. The summed E-state index contributed by atoms with van der Waals surface area (Å²) in [6.45, 7) is 3.88. The smallest absolute Gasteiger partial charge is 0.274 e. The van der Waals surface area contributed by atoms with Crippen molar-refractivity contribution < 1.29 is 13.9 Å². The van der Waals surface area contributed by atoms with E-state index in [-0.39, 0.29) is 18.9 Å². The quantitative estimate of drug-likeness (QED) is 0.861. The number of anilines is 1. The largest absolute Gasteiger partial charge is 0.386 e. The van der Waals surface area contributed by atoms with Gasteiger partial charge in [-0.05, 0) is 43.7 Å². The first kappa shape index (κ1) is 18.3. The van der Waals surface area contributed by atoms with Crippen LogP contribution in [0.15, 0.2) is 35.5 Å². The molecule has 3 rings (SSSR count). The molecule has 8 heteroatoms. The maximum atomic E-state index is 14.4. The first-order chi connectivity index (χ1) is 12.3. The predicted octanol–water partition coefficient (Wildman–Crippen LogP) is 3.04. The lowest BCUT2D eigenvalue weighted by molar-refractivity contribution is 0.102. The Kier molecular flexibility index (Phi) is 4.93. The summed E-state index contributed by atoms with van der Waals surface area (Å²) in [6.07, 6.45) is 1.40. The summed E-state index contributed by atoms with van der Waals surface area (Å²) in [7, 11) is 0. The van der Waals surface area contributed by atoms with Crippen molar-refractivity contribution in [3.63, 3.8) is 0 Å². The highest BCUT2D eigenvalue weighted by molar-refractivity contribution is 6.30. The Labute approximate surface area is 155 Å². The highest BCUT2D eigenvalue weighted by atomic mass is 35.5. The van der Waals surface area contributed by atoms with E-state index in [1.165, 1.54) is 24.4 Å². The van der Waals surface area contributed by atoms with E-state index in [0.29, 0.717) is 27.7 Å². The minimum absolute atomic E-state index is 0.194. The third-order valence-electron chi connectivity index (χ3n) is 4.09. The normalized spacial score (nSPS) is 19.8. The van der Waals surface area contributed by atoms with Gasteiger partial charge in [0.25, 0.3) is 5.91 Å². The Morgan fingerprint density at radius 1 is 1.42 bits per heavy atom. The van der Waals surface area contributed by atoms with Crippen LogP contribution in [-0.4, -0.2) is 29.9 Å². The summed E-state index contributed by atoms with van der Waals surface area (Å²) < 4.78 is 19.8. The fourth-order valence-corrected chi connectivity index (χ4v) is 3.07. The molecular formula is C18H18ClFN4O2. The average Bonchev–Trinajstić information content (AvgIpc) is 2.56. The number of halogens is 2. The van der Waals surface area contributed by atoms with Gasteiger partial charge in [-0.2, -0.15) is 0 Å². The molecule has 0 bridgehead atoms. The lowest BCUT2D eigenvalue weighted by Crippen LogP contribution is -2.38. The molecule has 26 heavy (non-hydrogen) atoms. The second-order valence-corrected chi connectivity index (χ2v) is 6.77. The molecule has 1 aliphatic heterocycles. The van der Waals surface area contributed by atoms with E-state index in [1.54, 1.807) is 19.9 Å². The van der Waals surface area contributed by atoms with Gasteiger partial charge in [-0.15, -0.1) is 0 Å². The van der Waals surface area contributed by atoms with E-state index in [4.69, 9.17) is 22.1 Å². The van der Waals surface area contributed by atoms with Gasteiger partial charge in [0.05, 0.1) is 11.6 Å². The van der Waals surface area contributed by atoms with Gasteiger partial charge >= 0.3 is 0 Å². The SMILES string of the molecule is Cc1cc(Cl)cnc1C(=O)Nc1ccc(F)c([C@]2(C)COCC(N)=N2)c1. The molecule has 2 heterocycles.